The van der Waals surface area contributed by atoms with E-state index in [1.807, 2.05) is 0 Å². The van der Waals surface area contributed by atoms with E-state index in [9.17, 15) is 0 Å². The molecule has 0 radical (unpaired) electrons. The Balaban J connectivity index is 1.59. The lowest BCUT2D eigenvalue weighted by Crippen LogP contribution is -2.57. The van der Waals surface area contributed by atoms with Crippen LogP contribution in [0.15, 0.2) is 0 Å². The molecular weight excluding hydrogens is 222 g/mol. The molecule has 1 N–H and O–H groups in total. The van der Waals surface area contributed by atoms with Crippen molar-refractivity contribution in [2.75, 3.05) is 39.8 Å². The fourth-order valence-electron chi connectivity index (χ4n) is 3.27. The van der Waals surface area contributed by atoms with Crippen molar-refractivity contribution in [2.45, 2.75) is 57.5 Å². The van der Waals surface area contributed by atoms with Crippen LogP contribution >= 0.6 is 0 Å². The van der Waals surface area contributed by atoms with Crippen molar-refractivity contribution >= 4 is 0 Å². The van der Waals surface area contributed by atoms with Crippen LogP contribution in [0.25, 0.3) is 0 Å². The van der Waals surface area contributed by atoms with Crippen LogP contribution in [0.4, 0.5) is 0 Å². The average molecular weight is 253 g/mol. The van der Waals surface area contributed by atoms with E-state index in [1.165, 1.54) is 64.8 Å². The van der Waals surface area contributed by atoms with Gasteiger partial charge in [0.1, 0.15) is 0 Å². The van der Waals surface area contributed by atoms with Gasteiger partial charge < -0.3 is 10.2 Å². The molecule has 2 fully saturated rings. The molecule has 0 unspecified atom stereocenters. The summed E-state index contributed by atoms with van der Waals surface area (Å²) in [6, 6.07) is 0.828. The molecule has 2 aliphatic rings. The zero-order valence-electron chi connectivity index (χ0n) is 12.5. The Kier molecular flexibility index (Phi) is 5.05. The third-order valence-corrected chi connectivity index (χ3v) is 4.83. The summed E-state index contributed by atoms with van der Waals surface area (Å²) in [6.45, 7) is 10.8. The molecule has 0 aromatic carbocycles. The SMILES string of the molecule is CN1CCN(CCCNC2CCCC2)CC1(C)C. The molecule has 0 aromatic rings. The van der Waals surface area contributed by atoms with Gasteiger partial charge in [0.25, 0.3) is 0 Å². The minimum Gasteiger partial charge on any atom is -0.314 e. The molecule has 3 heteroatoms. The van der Waals surface area contributed by atoms with Gasteiger partial charge in [-0.2, -0.15) is 0 Å². The Morgan fingerprint density at radius 2 is 1.89 bits per heavy atom. The van der Waals surface area contributed by atoms with Gasteiger partial charge in [-0.15, -0.1) is 0 Å². The highest BCUT2D eigenvalue weighted by Crippen LogP contribution is 2.19. The third-order valence-electron chi connectivity index (χ3n) is 4.83. The molecule has 18 heavy (non-hydrogen) atoms. The normalized spacial score (nSPS) is 26.8. The van der Waals surface area contributed by atoms with E-state index in [-0.39, 0.29) is 0 Å². The van der Waals surface area contributed by atoms with Crippen molar-refractivity contribution in [3.05, 3.63) is 0 Å². The largest absolute Gasteiger partial charge is 0.314 e. The van der Waals surface area contributed by atoms with Crippen LogP contribution in [0.2, 0.25) is 0 Å². The fraction of sp³-hybridized carbons (Fsp3) is 1.00. The lowest BCUT2D eigenvalue weighted by Gasteiger charge is -2.45. The van der Waals surface area contributed by atoms with Crippen molar-refractivity contribution in [1.29, 1.82) is 0 Å². The predicted molar refractivity (Wildman–Crippen MR) is 78.0 cm³/mol. The maximum atomic E-state index is 3.71. The molecule has 0 atom stereocenters. The first kappa shape index (κ1) is 14.3. The fourth-order valence-corrected chi connectivity index (χ4v) is 3.27. The lowest BCUT2D eigenvalue weighted by molar-refractivity contribution is 0.0395. The monoisotopic (exact) mass is 253 g/mol. The molecule has 1 aliphatic heterocycles. The molecule has 2 rings (SSSR count). The Labute approximate surface area is 113 Å². The van der Waals surface area contributed by atoms with Crippen molar-refractivity contribution in [2.24, 2.45) is 0 Å². The molecule has 1 aliphatic carbocycles. The number of nitrogens with one attached hydrogen (secondary N) is 1. The molecule has 0 aromatic heterocycles. The molecule has 0 amide bonds. The Hall–Kier alpha value is -0.120. The lowest BCUT2D eigenvalue weighted by atomic mass is 10.00. The molecule has 106 valence electrons. The van der Waals surface area contributed by atoms with Crippen LogP contribution in [-0.4, -0.2) is 61.2 Å². The topological polar surface area (TPSA) is 18.5 Å². The number of piperazine rings is 1. The zero-order valence-corrected chi connectivity index (χ0v) is 12.5. The highest BCUT2D eigenvalue weighted by atomic mass is 15.3. The van der Waals surface area contributed by atoms with Crippen LogP contribution < -0.4 is 5.32 Å². The number of nitrogens with zero attached hydrogens (tertiary/aromatic N) is 2. The minimum atomic E-state index is 0.344. The number of rotatable bonds is 5. The molecule has 0 bridgehead atoms. The predicted octanol–water partition coefficient (Wildman–Crippen LogP) is 1.93. The van der Waals surface area contributed by atoms with Gasteiger partial charge in [0.15, 0.2) is 0 Å². The summed E-state index contributed by atoms with van der Waals surface area (Å²) in [7, 11) is 2.25. The number of hydrogen-bond donors (Lipinski definition) is 1. The maximum absolute atomic E-state index is 3.71. The summed E-state index contributed by atoms with van der Waals surface area (Å²) in [5, 5.41) is 3.71. The van der Waals surface area contributed by atoms with E-state index in [0.717, 1.165) is 6.04 Å². The first-order valence-corrected chi connectivity index (χ1v) is 7.75. The summed E-state index contributed by atoms with van der Waals surface area (Å²) in [5.74, 6) is 0. The van der Waals surface area contributed by atoms with E-state index in [2.05, 4.69) is 36.0 Å². The summed E-state index contributed by atoms with van der Waals surface area (Å²) in [6.07, 6.45) is 6.98. The second kappa shape index (κ2) is 6.36. The van der Waals surface area contributed by atoms with Gasteiger partial charge in [0, 0.05) is 31.2 Å². The van der Waals surface area contributed by atoms with Crippen molar-refractivity contribution in [1.82, 2.24) is 15.1 Å². The number of hydrogen-bond acceptors (Lipinski definition) is 3. The molecule has 1 saturated heterocycles. The Morgan fingerprint density at radius 1 is 1.17 bits per heavy atom. The highest BCUT2D eigenvalue weighted by Gasteiger charge is 2.30. The Morgan fingerprint density at radius 3 is 2.56 bits per heavy atom. The minimum absolute atomic E-state index is 0.344. The molecule has 1 saturated carbocycles. The van der Waals surface area contributed by atoms with Crippen LogP contribution in [0.1, 0.15) is 46.0 Å². The first-order valence-electron chi connectivity index (χ1n) is 7.75. The number of likely N-dealkylation sites (N-methyl/N-ethyl adjacent to an activating group) is 1. The van der Waals surface area contributed by atoms with Gasteiger partial charge in [-0.3, -0.25) is 4.90 Å². The van der Waals surface area contributed by atoms with Gasteiger partial charge in [-0.05, 0) is 53.2 Å². The first-order chi connectivity index (χ1) is 8.58. The third kappa shape index (κ3) is 3.94. The van der Waals surface area contributed by atoms with Gasteiger partial charge in [0.2, 0.25) is 0 Å². The van der Waals surface area contributed by atoms with E-state index >= 15 is 0 Å². The van der Waals surface area contributed by atoms with Crippen LogP contribution in [0, 0.1) is 0 Å². The molecule has 3 nitrogen and oxygen atoms in total. The van der Waals surface area contributed by atoms with E-state index in [1.54, 1.807) is 0 Å². The maximum Gasteiger partial charge on any atom is 0.0277 e. The zero-order chi connectivity index (χ0) is 13.0. The van der Waals surface area contributed by atoms with E-state index in [0.29, 0.717) is 5.54 Å². The van der Waals surface area contributed by atoms with Crippen molar-refractivity contribution < 1.29 is 0 Å². The van der Waals surface area contributed by atoms with Gasteiger partial charge in [0.05, 0.1) is 0 Å². The van der Waals surface area contributed by atoms with Crippen molar-refractivity contribution in [3.63, 3.8) is 0 Å². The van der Waals surface area contributed by atoms with Crippen LogP contribution in [0.3, 0.4) is 0 Å². The summed E-state index contributed by atoms with van der Waals surface area (Å²) in [5.41, 5.74) is 0.344. The van der Waals surface area contributed by atoms with Crippen molar-refractivity contribution in [3.8, 4) is 0 Å². The van der Waals surface area contributed by atoms with E-state index in [4.69, 9.17) is 0 Å². The van der Waals surface area contributed by atoms with Crippen LogP contribution in [-0.2, 0) is 0 Å². The second-order valence-electron chi connectivity index (χ2n) is 6.80. The molecule has 0 spiro atoms. The molecule has 1 heterocycles. The quantitative estimate of drug-likeness (QED) is 0.755. The van der Waals surface area contributed by atoms with Crippen LogP contribution in [0.5, 0.6) is 0 Å². The highest BCUT2D eigenvalue weighted by molar-refractivity contribution is 4.88. The average Bonchev–Trinajstić information content (AvgIpc) is 2.82. The summed E-state index contributed by atoms with van der Waals surface area (Å²) in [4.78, 5) is 5.12. The van der Waals surface area contributed by atoms with Gasteiger partial charge in [-0.1, -0.05) is 12.8 Å². The smallest absolute Gasteiger partial charge is 0.0277 e. The second-order valence-corrected chi connectivity index (χ2v) is 6.80. The van der Waals surface area contributed by atoms with E-state index < -0.39 is 0 Å². The summed E-state index contributed by atoms with van der Waals surface area (Å²) < 4.78 is 0. The summed E-state index contributed by atoms with van der Waals surface area (Å²) >= 11 is 0. The Bertz CT molecular complexity index is 246. The van der Waals surface area contributed by atoms with Gasteiger partial charge in [-0.25, -0.2) is 0 Å². The van der Waals surface area contributed by atoms with Gasteiger partial charge >= 0.3 is 0 Å². The standard InChI is InChI=1S/C15H31N3/c1-15(2)13-18(12-11-17(15)3)10-6-9-16-14-7-4-5-8-14/h14,16H,4-13H2,1-3H3. The molecular formula is C15H31N3.